The van der Waals surface area contributed by atoms with Crippen molar-refractivity contribution in [3.8, 4) is 5.75 Å². The fraction of sp³-hybridized carbons (Fsp3) is 0.273. The molecule has 1 heterocycles. The number of benzene rings is 2. The van der Waals surface area contributed by atoms with Crippen LogP contribution in [0.4, 0.5) is 13.2 Å². The van der Waals surface area contributed by atoms with Crippen LogP contribution in [0.2, 0.25) is 0 Å². The third kappa shape index (κ3) is 4.64. The minimum absolute atomic E-state index is 0.0137. The summed E-state index contributed by atoms with van der Waals surface area (Å²) >= 11 is 0. The lowest BCUT2D eigenvalue weighted by Crippen LogP contribution is -2.34. The summed E-state index contributed by atoms with van der Waals surface area (Å²) in [5.41, 5.74) is -0.115. The number of halogens is 3. The molecule has 1 N–H and O–H groups in total. The molecule has 5 nitrogen and oxygen atoms in total. The van der Waals surface area contributed by atoms with E-state index in [1.165, 1.54) is 32.2 Å². The Kier molecular flexibility index (Phi) is 6.14. The van der Waals surface area contributed by atoms with Crippen LogP contribution in [-0.4, -0.2) is 19.0 Å². The number of ether oxygens (including phenoxy) is 2. The number of hydrogen-bond acceptors (Lipinski definition) is 4. The summed E-state index contributed by atoms with van der Waals surface area (Å²) in [7, 11) is 1.53. The maximum Gasteiger partial charge on any atom is 0.416 e. The summed E-state index contributed by atoms with van der Waals surface area (Å²) in [6.07, 6.45) is -4.89. The second kappa shape index (κ2) is 8.61. The zero-order valence-electron chi connectivity index (χ0n) is 16.4. The SMILES string of the molecule is COc1ccc(COC(=O)C2=C(C)NC(=O)C[C@@H]2c2ccccc2C(F)(F)F)cc1. The normalized spacial score (nSPS) is 16.8. The Morgan fingerprint density at radius 1 is 1.13 bits per heavy atom. The molecule has 0 unspecified atom stereocenters. The highest BCUT2D eigenvalue weighted by atomic mass is 19.4. The van der Waals surface area contributed by atoms with Gasteiger partial charge in [-0.3, -0.25) is 4.79 Å². The van der Waals surface area contributed by atoms with Crippen LogP contribution in [0.3, 0.4) is 0 Å². The lowest BCUT2D eigenvalue weighted by atomic mass is 9.82. The van der Waals surface area contributed by atoms with Crippen LogP contribution in [-0.2, 0) is 27.1 Å². The van der Waals surface area contributed by atoms with Crippen LogP contribution >= 0.6 is 0 Å². The molecule has 1 aliphatic rings. The molecule has 0 spiro atoms. The van der Waals surface area contributed by atoms with Crippen molar-refractivity contribution < 1.29 is 32.2 Å². The van der Waals surface area contributed by atoms with Gasteiger partial charge in [-0.1, -0.05) is 30.3 Å². The molecular weight excluding hydrogens is 399 g/mol. The van der Waals surface area contributed by atoms with E-state index in [4.69, 9.17) is 9.47 Å². The minimum Gasteiger partial charge on any atom is -0.497 e. The predicted octanol–water partition coefficient (Wildman–Crippen LogP) is 4.33. The zero-order valence-corrected chi connectivity index (χ0v) is 16.4. The number of alkyl halides is 3. The molecule has 3 rings (SSSR count). The fourth-order valence-corrected chi connectivity index (χ4v) is 3.44. The Morgan fingerprint density at radius 3 is 2.43 bits per heavy atom. The highest BCUT2D eigenvalue weighted by molar-refractivity contribution is 5.96. The van der Waals surface area contributed by atoms with Gasteiger partial charge in [-0.05, 0) is 36.2 Å². The number of esters is 1. The van der Waals surface area contributed by atoms with E-state index in [0.717, 1.165) is 6.07 Å². The number of carbonyl (C=O) groups excluding carboxylic acids is 2. The van der Waals surface area contributed by atoms with Gasteiger partial charge in [0.25, 0.3) is 0 Å². The molecule has 0 radical (unpaired) electrons. The van der Waals surface area contributed by atoms with Crippen molar-refractivity contribution in [2.24, 2.45) is 0 Å². The number of carbonyl (C=O) groups is 2. The van der Waals surface area contributed by atoms with Crippen LogP contribution in [0, 0.1) is 0 Å². The van der Waals surface area contributed by atoms with Gasteiger partial charge in [-0.25, -0.2) is 4.79 Å². The van der Waals surface area contributed by atoms with Gasteiger partial charge < -0.3 is 14.8 Å². The first-order chi connectivity index (χ1) is 14.2. The Balaban J connectivity index is 1.89. The average molecular weight is 419 g/mol. The first-order valence-electron chi connectivity index (χ1n) is 9.17. The molecule has 0 saturated heterocycles. The molecule has 30 heavy (non-hydrogen) atoms. The molecule has 0 aromatic heterocycles. The van der Waals surface area contributed by atoms with E-state index in [9.17, 15) is 22.8 Å². The largest absolute Gasteiger partial charge is 0.497 e. The molecule has 2 aromatic carbocycles. The third-order valence-corrected chi connectivity index (χ3v) is 4.86. The van der Waals surface area contributed by atoms with Gasteiger partial charge in [0, 0.05) is 18.0 Å². The van der Waals surface area contributed by atoms with Crippen molar-refractivity contribution in [1.82, 2.24) is 5.32 Å². The molecule has 0 fully saturated rings. The first kappa shape index (κ1) is 21.4. The zero-order chi connectivity index (χ0) is 21.9. The van der Waals surface area contributed by atoms with Crippen LogP contribution in [0.1, 0.15) is 36.0 Å². The summed E-state index contributed by atoms with van der Waals surface area (Å²) in [6.45, 7) is 1.41. The van der Waals surface area contributed by atoms with Crippen molar-refractivity contribution in [1.29, 1.82) is 0 Å². The second-order valence-electron chi connectivity index (χ2n) is 6.85. The molecule has 0 saturated carbocycles. The molecule has 158 valence electrons. The number of methoxy groups -OCH3 is 1. The van der Waals surface area contributed by atoms with Gasteiger partial charge in [0.15, 0.2) is 0 Å². The molecule has 1 aliphatic heterocycles. The summed E-state index contributed by atoms with van der Waals surface area (Å²) in [4.78, 5) is 24.9. The lowest BCUT2D eigenvalue weighted by molar-refractivity contribution is -0.142. The second-order valence-corrected chi connectivity index (χ2v) is 6.85. The predicted molar refractivity (Wildman–Crippen MR) is 102 cm³/mol. The van der Waals surface area contributed by atoms with Gasteiger partial charge in [0.05, 0.1) is 18.2 Å². The molecule has 0 aliphatic carbocycles. The van der Waals surface area contributed by atoms with Crippen LogP contribution in [0.15, 0.2) is 59.8 Å². The smallest absolute Gasteiger partial charge is 0.416 e. The van der Waals surface area contributed by atoms with Gasteiger partial charge in [0.2, 0.25) is 5.91 Å². The van der Waals surface area contributed by atoms with Gasteiger partial charge in [-0.15, -0.1) is 0 Å². The van der Waals surface area contributed by atoms with Gasteiger partial charge in [-0.2, -0.15) is 13.2 Å². The molecule has 2 aromatic rings. The van der Waals surface area contributed by atoms with Gasteiger partial charge >= 0.3 is 12.1 Å². The van der Waals surface area contributed by atoms with Crippen molar-refractivity contribution in [2.45, 2.75) is 32.0 Å². The van der Waals surface area contributed by atoms with Crippen molar-refractivity contribution in [3.05, 3.63) is 76.5 Å². The Labute approximate surface area is 171 Å². The topological polar surface area (TPSA) is 64.6 Å². The minimum atomic E-state index is -4.61. The molecule has 1 amide bonds. The number of allylic oxidation sites excluding steroid dienone is 1. The van der Waals surface area contributed by atoms with Crippen LogP contribution in [0.5, 0.6) is 5.75 Å². The average Bonchev–Trinajstić information content (AvgIpc) is 2.71. The summed E-state index contributed by atoms with van der Waals surface area (Å²) in [6, 6.07) is 11.8. The number of nitrogens with one attached hydrogen (secondary N) is 1. The van der Waals surface area contributed by atoms with Gasteiger partial charge in [0.1, 0.15) is 12.4 Å². The molecule has 0 bridgehead atoms. The summed E-state index contributed by atoms with van der Waals surface area (Å²) in [5.74, 6) is -1.64. The number of hydrogen-bond donors (Lipinski definition) is 1. The highest BCUT2D eigenvalue weighted by Gasteiger charge is 2.40. The monoisotopic (exact) mass is 419 g/mol. The molecular formula is C22H20F3NO4. The van der Waals surface area contributed by atoms with Crippen molar-refractivity contribution in [3.63, 3.8) is 0 Å². The van der Waals surface area contributed by atoms with E-state index in [-0.39, 0.29) is 29.9 Å². The van der Waals surface area contributed by atoms with E-state index in [0.29, 0.717) is 11.3 Å². The first-order valence-corrected chi connectivity index (χ1v) is 9.17. The molecule has 8 heteroatoms. The van der Waals surface area contributed by atoms with E-state index in [1.54, 1.807) is 24.3 Å². The van der Waals surface area contributed by atoms with Crippen LogP contribution < -0.4 is 10.1 Å². The standard InChI is InChI=1S/C22H20F3NO4/c1-13-20(21(28)30-12-14-7-9-15(29-2)10-8-14)17(11-19(27)26-13)16-5-3-4-6-18(16)22(23,24)25/h3-10,17H,11-12H2,1-2H3,(H,26,27)/t17-/m1/s1. The fourth-order valence-electron chi connectivity index (χ4n) is 3.44. The Hall–Kier alpha value is -3.29. The summed E-state index contributed by atoms with van der Waals surface area (Å²) < 4.78 is 51.0. The summed E-state index contributed by atoms with van der Waals surface area (Å²) in [5, 5.41) is 2.52. The van der Waals surface area contributed by atoms with E-state index < -0.39 is 29.5 Å². The maximum atomic E-state index is 13.5. The van der Waals surface area contributed by atoms with E-state index in [2.05, 4.69) is 5.32 Å². The number of amides is 1. The lowest BCUT2D eigenvalue weighted by Gasteiger charge is -2.28. The third-order valence-electron chi connectivity index (χ3n) is 4.86. The number of rotatable bonds is 5. The quantitative estimate of drug-likeness (QED) is 0.733. The Bertz CT molecular complexity index is 981. The highest BCUT2D eigenvalue weighted by Crippen LogP contribution is 2.41. The van der Waals surface area contributed by atoms with E-state index >= 15 is 0 Å². The van der Waals surface area contributed by atoms with Crippen molar-refractivity contribution in [2.75, 3.05) is 7.11 Å². The van der Waals surface area contributed by atoms with E-state index in [1.807, 2.05) is 0 Å². The van der Waals surface area contributed by atoms with Crippen molar-refractivity contribution >= 4 is 11.9 Å². The Morgan fingerprint density at radius 2 is 1.80 bits per heavy atom. The maximum absolute atomic E-state index is 13.5. The molecule has 1 atom stereocenters. The van der Waals surface area contributed by atoms with Crippen LogP contribution in [0.25, 0.3) is 0 Å².